The van der Waals surface area contributed by atoms with Crippen LogP contribution >= 0.6 is 0 Å². The topological polar surface area (TPSA) is 24.1 Å². The summed E-state index contributed by atoms with van der Waals surface area (Å²) in [6.07, 6.45) is 2.36. The molecule has 2 nitrogen and oxygen atoms in total. The van der Waals surface area contributed by atoms with E-state index in [1.54, 1.807) is 0 Å². The van der Waals surface area contributed by atoms with Gasteiger partial charge in [0.1, 0.15) is 0 Å². The molecule has 2 heteroatoms. The minimum Gasteiger partial charge on any atom is -0.387 e. The van der Waals surface area contributed by atoms with E-state index in [0.29, 0.717) is 6.04 Å². The molecule has 1 fully saturated rings. The van der Waals surface area contributed by atoms with E-state index >= 15 is 0 Å². The van der Waals surface area contributed by atoms with E-state index < -0.39 is 0 Å². The number of likely N-dealkylation sites (N-methyl/N-ethyl adjacent to an activating group) is 1. The molecule has 0 aliphatic carbocycles. The molecule has 0 aromatic rings. The minimum atomic E-state index is 0.662. The van der Waals surface area contributed by atoms with Crippen molar-refractivity contribution in [1.29, 1.82) is 0 Å². The first-order valence-corrected chi connectivity index (χ1v) is 3.98. The second-order valence-electron chi connectivity index (χ2n) is 2.78. The number of nitrogens with one attached hydrogen (secondary N) is 2. The van der Waals surface area contributed by atoms with Crippen molar-refractivity contribution in [2.45, 2.75) is 25.8 Å². The Labute approximate surface area is 62.7 Å². The third kappa shape index (κ3) is 2.03. The maximum atomic E-state index is 3.87. The molecule has 0 radical (unpaired) electrons. The highest BCUT2D eigenvalue weighted by atomic mass is 15.0. The Morgan fingerprint density at radius 2 is 2.60 bits per heavy atom. The van der Waals surface area contributed by atoms with E-state index in [2.05, 4.69) is 24.1 Å². The van der Waals surface area contributed by atoms with Gasteiger partial charge in [0.2, 0.25) is 0 Å². The monoisotopic (exact) mass is 140 g/mol. The Bertz CT molecular complexity index is 110. The summed E-state index contributed by atoms with van der Waals surface area (Å²) in [5.74, 6) is 0. The van der Waals surface area contributed by atoms with Crippen molar-refractivity contribution in [3.63, 3.8) is 0 Å². The molecule has 1 aliphatic heterocycles. The number of hydrogen-bond donors (Lipinski definition) is 2. The highest BCUT2D eigenvalue weighted by molar-refractivity contribution is 4.97. The van der Waals surface area contributed by atoms with Gasteiger partial charge in [-0.2, -0.15) is 0 Å². The zero-order valence-electron chi connectivity index (χ0n) is 6.61. The van der Waals surface area contributed by atoms with Crippen molar-refractivity contribution < 1.29 is 0 Å². The van der Waals surface area contributed by atoms with Crippen LogP contribution < -0.4 is 10.6 Å². The number of hydrogen-bond acceptors (Lipinski definition) is 2. The van der Waals surface area contributed by atoms with Crippen molar-refractivity contribution in [2.75, 3.05) is 13.1 Å². The highest BCUT2D eigenvalue weighted by Crippen LogP contribution is 2.08. The van der Waals surface area contributed by atoms with Gasteiger partial charge in [-0.3, -0.25) is 0 Å². The average Bonchev–Trinajstić information content (AvgIpc) is 1.95. The first-order chi connectivity index (χ1) is 4.83. The summed E-state index contributed by atoms with van der Waals surface area (Å²) < 4.78 is 0. The van der Waals surface area contributed by atoms with Crippen molar-refractivity contribution in [3.8, 4) is 0 Å². The van der Waals surface area contributed by atoms with Gasteiger partial charge < -0.3 is 10.6 Å². The third-order valence-corrected chi connectivity index (χ3v) is 1.89. The summed E-state index contributed by atoms with van der Waals surface area (Å²) in [5.41, 5.74) is 1.19. The van der Waals surface area contributed by atoms with Crippen molar-refractivity contribution in [1.82, 2.24) is 10.6 Å². The molecule has 58 valence electrons. The van der Waals surface area contributed by atoms with Gasteiger partial charge in [-0.15, -0.1) is 0 Å². The standard InChI is InChI=1S/C8H16N2/c1-3-9-8-5-4-7(2)10-6-8/h8-10H,2-6H2,1H3/t8-/m0/s1. The third-order valence-electron chi connectivity index (χ3n) is 1.89. The van der Waals surface area contributed by atoms with E-state index in [-0.39, 0.29) is 0 Å². The van der Waals surface area contributed by atoms with Gasteiger partial charge in [0.05, 0.1) is 0 Å². The van der Waals surface area contributed by atoms with E-state index in [9.17, 15) is 0 Å². The molecule has 1 saturated heterocycles. The molecule has 0 amide bonds. The molecule has 2 N–H and O–H groups in total. The smallest absolute Gasteiger partial charge is 0.0298 e. The van der Waals surface area contributed by atoms with Crippen LogP contribution in [0.3, 0.4) is 0 Å². The molecule has 1 atom stereocenters. The molecule has 0 bridgehead atoms. The second-order valence-corrected chi connectivity index (χ2v) is 2.78. The Kier molecular flexibility index (Phi) is 2.75. The lowest BCUT2D eigenvalue weighted by molar-refractivity contribution is 0.433. The summed E-state index contributed by atoms with van der Waals surface area (Å²) in [6, 6.07) is 0.662. The fraction of sp³-hybridized carbons (Fsp3) is 0.750. The molecule has 1 aliphatic rings. The maximum Gasteiger partial charge on any atom is 0.0298 e. The summed E-state index contributed by atoms with van der Waals surface area (Å²) in [6.45, 7) is 8.13. The molecular weight excluding hydrogens is 124 g/mol. The van der Waals surface area contributed by atoms with Crippen LogP contribution in [-0.4, -0.2) is 19.1 Å². The van der Waals surface area contributed by atoms with E-state index in [4.69, 9.17) is 0 Å². The lowest BCUT2D eigenvalue weighted by atomic mass is 10.1. The Hall–Kier alpha value is -0.500. The fourth-order valence-electron chi connectivity index (χ4n) is 1.27. The molecule has 0 spiro atoms. The summed E-state index contributed by atoms with van der Waals surface area (Å²) in [4.78, 5) is 0. The zero-order chi connectivity index (χ0) is 7.40. The second kappa shape index (κ2) is 3.62. The molecule has 0 unspecified atom stereocenters. The lowest BCUT2D eigenvalue weighted by Crippen LogP contribution is -2.41. The minimum absolute atomic E-state index is 0.662. The van der Waals surface area contributed by atoms with E-state index in [1.807, 2.05) is 0 Å². The quantitative estimate of drug-likeness (QED) is 0.594. The zero-order valence-corrected chi connectivity index (χ0v) is 6.61. The molecule has 0 saturated carbocycles. The average molecular weight is 140 g/mol. The fourth-order valence-corrected chi connectivity index (χ4v) is 1.27. The SMILES string of the molecule is C=C1CC[C@H](NCC)CN1. The van der Waals surface area contributed by atoms with Gasteiger partial charge in [-0.25, -0.2) is 0 Å². The van der Waals surface area contributed by atoms with Crippen molar-refractivity contribution >= 4 is 0 Å². The van der Waals surface area contributed by atoms with Crippen LogP contribution in [0.5, 0.6) is 0 Å². The normalized spacial score (nSPS) is 26.1. The first-order valence-electron chi connectivity index (χ1n) is 3.98. The van der Waals surface area contributed by atoms with Crippen LogP contribution in [0.2, 0.25) is 0 Å². The van der Waals surface area contributed by atoms with Gasteiger partial charge in [-0.05, 0) is 19.4 Å². The molecule has 0 aromatic heterocycles. The van der Waals surface area contributed by atoms with E-state index in [0.717, 1.165) is 19.5 Å². The predicted molar refractivity (Wildman–Crippen MR) is 43.8 cm³/mol. The van der Waals surface area contributed by atoms with Crippen LogP contribution in [-0.2, 0) is 0 Å². The van der Waals surface area contributed by atoms with Gasteiger partial charge in [0.15, 0.2) is 0 Å². The van der Waals surface area contributed by atoms with Crippen LogP contribution in [0.25, 0.3) is 0 Å². The number of rotatable bonds is 2. The van der Waals surface area contributed by atoms with Crippen LogP contribution in [0.15, 0.2) is 12.3 Å². The van der Waals surface area contributed by atoms with Crippen LogP contribution in [0.4, 0.5) is 0 Å². The predicted octanol–water partition coefficient (Wildman–Crippen LogP) is 0.862. The number of allylic oxidation sites excluding steroid dienone is 1. The Balaban J connectivity index is 2.19. The van der Waals surface area contributed by atoms with Crippen LogP contribution in [0, 0.1) is 0 Å². The van der Waals surface area contributed by atoms with Crippen molar-refractivity contribution in [3.05, 3.63) is 12.3 Å². The van der Waals surface area contributed by atoms with E-state index in [1.165, 1.54) is 12.1 Å². The van der Waals surface area contributed by atoms with Gasteiger partial charge in [-0.1, -0.05) is 13.5 Å². The molecule has 0 aromatic carbocycles. The Morgan fingerprint density at radius 1 is 1.80 bits per heavy atom. The molecule has 1 heterocycles. The van der Waals surface area contributed by atoms with Gasteiger partial charge in [0.25, 0.3) is 0 Å². The van der Waals surface area contributed by atoms with Crippen LogP contribution in [0.1, 0.15) is 19.8 Å². The molecule has 1 rings (SSSR count). The van der Waals surface area contributed by atoms with Gasteiger partial charge in [0, 0.05) is 18.3 Å². The molecular formula is C8H16N2. The largest absolute Gasteiger partial charge is 0.387 e. The maximum absolute atomic E-state index is 3.87. The molecule has 10 heavy (non-hydrogen) atoms. The summed E-state index contributed by atoms with van der Waals surface area (Å²) in [7, 11) is 0. The number of piperidine rings is 1. The first kappa shape index (κ1) is 7.61. The van der Waals surface area contributed by atoms with Gasteiger partial charge >= 0.3 is 0 Å². The lowest BCUT2D eigenvalue weighted by Gasteiger charge is -2.25. The Morgan fingerprint density at radius 3 is 3.10 bits per heavy atom. The highest BCUT2D eigenvalue weighted by Gasteiger charge is 2.12. The summed E-state index contributed by atoms with van der Waals surface area (Å²) >= 11 is 0. The summed E-state index contributed by atoms with van der Waals surface area (Å²) in [5, 5.41) is 6.66. The van der Waals surface area contributed by atoms with Crippen molar-refractivity contribution in [2.24, 2.45) is 0 Å².